The molecule has 0 radical (unpaired) electrons. The van der Waals surface area contributed by atoms with Gasteiger partial charge in [-0.05, 0) is 86.6 Å². The van der Waals surface area contributed by atoms with Crippen LogP contribution >= 0.6 is 0 Å². The minimum absolute atomic E-state index is 0.0394. The molecule has 4 atom stereocenters. The number of nitrogens with zero attached hydrogens (tertiary/aromatic N) is 3. The molecular weight excluding hydrogens is 652 g/mol. The first-order chi connectivity index (χ1) is 24.6. The number of likely N-dealkylation sites (tertiary alicyclic amines) is 1. The normalized spacial score (nSPS) is 18.7. The second-order valence-electron chi connectivity index (χ2n) is 13.9. The lowest BCUT2D eigenvalue weighted by molar-refractivity contribution is -0.149. The molecule has 2 aliphatic rings. The zero-order valence-corrected chi connectivity index (χ0v) is 30.0. The van der Waals surface area contributed by atoms with Gasteiger partial charge in [-0.15, -0.1) is 0 Å². The molecule has 0 aliphatic carbocycles. The minimum Gasteiger partial charge on any atom is -0.370 e. The second kappa shape index (κ2) is 18.3. The van der Waals surface area contributed by atoms with Gasteiger partial charge in [0.25, 0.3) is 0 Å². The molecule has 51 heavy (non-hydrogen) atoms. The second-order valence-corrected chi connectivity index (χ2v) is 13.9. The summed E-state index contributed by atoms with van der Waals surface area (Å²) in [6.45, 7) is 2.55. The summed E-state index contributed by atoms with van der Waals surface area (Å²) in [6, 6.07) is 19.8. The molecule has 2 N–H and O–H groups in total. The predicted octanol–water partition coefficient (Wildman–Crippen LogP) is 4.44. The third kappa shape index (κ3) is 10.4. The SMILES string of the molecule is CN1CCCC1CCNC(=O)[C@@H](Cc1ccc(F)c(F)c1)N(C)C(=O)[C@@H](Cc1ccc(-c2ccccc2)cc1)N(C)C(=O)COC[C@H]1CCCN1. The van der Waals surface area contributed by atoms with Gasteiger partial charge in [-0.25, -0.2) is 8.78 Å². The van der Waals surface area contributed by atoms with E-state index in [1.807, 2.05) is 54.6 Å². The number of carbonyl (C=O) groups excluding carboxylic acids is 3. The Morgan fingerprint density at radius 2 is 1.59 bits per heavy atom. The van der Waals surface area contributed by atoms with Gasteiger partial charge in [0, 0.05) is 45.6 Å². The topological polar surface area (TPSA) is 94.2 Å². The minimum atomic E-state index is -1.04. The summed E-state index contributed by atoms with van der Waals surface area (Å²) >= 11 is 0. The van der Waals surface area contributed by atoms with E-state index in [4.69, 9.17) is 4.74 Å². The number of hydrogen-bond acceptors (Lipinski definition) is 6. The van der Waals surface area contributed by atoms with Crippen LogP contribution in [0.2, 0.25) is 0 Å². The van der Waals surface area contributed by atoms with E-state index in [-0.39, 0.29) is 31.4 Å². The van der Waals surface area contributed by atoms with Gasteiger partial charge in [0.2, 0.25) is 17.7 Å². The molecule has 2 aliphatic heterocycles. The van der Waals surface area contributed by atoms with Crippen molar-refractivity contribution < 1.29 is 27.9 Å². The molecule has 11 heteroatoms. The lowest BCUT2D eigenvalue weighted by atomic mass is 9.98. The lowest BCUT2D eigenvalue weighted by Gasteiger charge is -2.35. The van der Waals surface area contributed by atoms with Crippen LogP contribution in [0.15, 0.2) is 72.8 Å². The Kier molecular flexibility index (Phi) is 13.7. The van der Waals surface area contributed by atoms with E-state index in [1.54, 1.807) is 7.05 Å². The summed E-state index contributed by atoms with van der Waals surface area (Å²) in [6.07, 6.45) is 5.11. The average Bonchev–Trinajstić information content (AvgIpc) is 3.82. The van der Waals surface area contributed by atoms with Gasteiger partial charge in [-0.3, -0.25) is 14.4 Å². The van der Waals surface area contributed by atoms with Crippen LogP contribution in [0.3, 0.4) is 0 Å². The van der Waals surface area contributed by atoms with Crippen molar-refractivity contribution in [2.75, 3.05) is 54.0 Å². The van der Waals surface area contributed by atoms with Gasteiger partial charge in [-0.1, -0.05) is 60.7 Å². The van der Waals surface area contributed by atoms with E-state index in [2.05, 4.69) is 22.6 Å². The van der Waals surface area contributed by atoms with Crippen LogP contribution in [0, 0.1) is 11.6 Å². The van der Waals surface area contributed by atoms with Crippen molar-refractivity contribution in [2.24, 2.45) is 0 Å². The van der Waals surface area contributed by atoms with Crippen molar-refractivity contribution in [3.05, 3.63) is 95.6 Å². The van der Waals surface area contributed by atoms with Crippen LogP contribution in [-0.4, -0.2) is 111 Å². The first-order valence-corrected chi connectivity index (χ1v) is 18.0. The van der Waals surface area contributed by atoms with Crippen LogP contribution in [0.4, 0.5) is 8.78 Å². The van der Waals surface area contributed by atoms with E-state index in [9.17, 15) is 23.2 Å². The zero-order valence-electron chi connectivity index (χ0n) is 30.0. The fourth-order valence-electron chi connectivity index (χ4n) is 7.05. The van der Waals surface area contributed by atoms with E-state index >= 15 is 0 Å². The van der Waals surface area contributed by atoms with Gasteiger partial charge < -0.3 is 30.1 Å². The van der Waals surface area contributed by atoms with Crippen molar-refractivity contribution >= 4 is 17.7 Å². The molecule has 5 rings (SSSR count). The third-order valence-corrected chi connectivity index (χ3v) is 10.3. The third-order valence-electron chi connectivity index (χ3n) is 10.3. The smallest absolute Gasteiger partial charge is 0.249 e. The number of likely N-dealkylation sites (N-methyl/N-ethyl adjacent to an activating group) is 2. The maximum Gasteiger partial charge on any atom is 0.249 e. The maximum absolute atomic E-state index is 14.5. The van der Waals surface area contributed by atoms with Crippen LogP contribution < -0.4 is 10.6 Å². The molecule has 3 aromatic rings. The molecule has 2 saturated heterocycles. The average molecular weight is 704 g/mol. The van der Waals surface area contributed by atoms with Crippen LogP contribution in [0.1, 0.15) is 43.2 Å². The molecule has 1 unspecified atom stereocenters. The quantitative estimate of drug-likeness (QED) is 0.229. The van der Waals surface area contributed by atoms with E-state index in [1.165, 1.54) is 22.9 Å². The molecule has 274 valence electrons. The first-order valence-electron chi connectivity index (χ1n) is 18.0. The molecule has 2 fully saturated rings. The number of carbonyl (C=O) groups is 3. The summed E-state index contributed by atoms with van der Waals surface area (Å²) in [5.74, 6) is -3.23. The molecule has 0 bridgehead atoms. The van der Waals surface area contributed by atoms with E-state index in [0.29, 0.717) is 24.8 Å². The highest BCUT2D eigenvalue weighted by molar-refractivity contribution is 5.92. The number of rotatable bonds is 16. The van der Waals surface area contributed by atoms with Crippen molar-refractivity contribution in [1.29, 1.82) is 0 Å². The fraction of sp³-hybridized carbons (Fsp3) is 0.475. The van der Waals surface area contributed by atoms with Gasteiger partial charge in [0.15, 0.2) is 11.6 Å². The van der Waals surface area contributed by atoms with Crippen LogP contribution in [0.5, 0.6) is 0 Å². The zero-order chi connectivity index (χ0) is 36.3. The first kappa shape index (κ1) is 38.1. The monoisotopic (exact) mass is 703 g/mol. The lowest BCUT2D eigenvalue weighted by Crippen LogP contribution is -2.56. The molecule has 2 heterocycles. The van der Waals surface area contributed by atoms with Crippen LogP contribution in [-0.2, 0) is 32.0 Å². The number of nitrogens with one attached hydrogen (secondary N) is 2. The van der Waals surface area contributed by atoms with Crippen molar-refractivity contribution in [3.8, 4) is 11.1 Å². The number of amides is 3. The molecule has 9 nitrogen and oxygen atoms in total. The van der Waals surface area contributed by atoms with Gasteiger partial charge in [0.1, 0.15) is 18.7 Å². The Bertz CT molecular complexity index is 1600. The maximum atomic E-state index is 14.5. The van der Waals surface area contributed by atoms with E-state index < -0.39 is 35.5 Å². The molecule has 0 aromatic heterocycles. The number of halogens is 2. The van der Waals surface area contributed by atoms with Gasteiger partial charge in [-0.2, -0.15) is 0 Å². The highest BCUT2D eigenvalue weighted by atomic mass is 19.2. The summed E-state index contributed by atoms with van der Waals surface area (Å²) in [7, 11) is 5.18. The van der Waals surface area contributed by atoms with E-state index in [0.717, 1.165) is 74.0 Å². The molecule has 3 aromatic carbocycles. The Morgan fingerprint density at radius 3 is 2.25 bits per heavy atom. The number of benzene rings is 3. The summed E-state index contributed by atoms with van der Waals surface area (Å²) in [5.41, 5.74) is 3.28. The predicted molar refractivity (Wildman–Crippen MR) is 194 cm³/mol. The van der Waals surface area contributed by atoms with Gasteiger partial charge in [0.05, 0.1) is 6.61 Å². The highest BCUT2D eigenvalue weighted by Gasteiger charge is 2.35. The summed E-state index contributed by atoms with van der Waals surface area (Å²) in [5, 5.41) is 6.35. The fourth-order valence-corrected chi connectivity index (χ4v) is 7.05. The molecular formula is C40H51F2N5O4. The molecule has 0 spiro atoms. The number of ether oxygens (including phenoxy) is 1. The Hall–Kier alpha value is -4.19. The Labute approximate surface area is 300 Å². The molecule has 0 saturated carbocycles. The number of hydrogen-bond donors (Lipinski definition) is 2. The van der Waals surface area contributed by atoms with Crippen molar-refractivity contribution in [1.82, 2.24) is 25.3 Å². The van der Waals surface area contributed by atoms with Crippen LogP contribution in [0.25, 0.3) is 11.1 Å². The van der Waals surface area contributed by atoms with Crippen molar-refractivity contribution in [2.45, 2.75) is 69.1 Å². The Balaban J connectivity index is 1.36. The molecule has 3 amide bonds. The largest absolute Gasteiger partial charge is 0.370 e. The summed E-state index contributed by atoms with van der Waals surface area (Å²) < 4.78 is 33.9. The standard InChI is InChI=1S/C40H51F2N5O4/c1-45-22-8-12-33(45)19-21-44-39(49)36(25-29-15-18-34(41)35(42)23-29)47(3)40(50)37(46(2)38(48)27-51-26-32-11-7-20-43-32)24-28-13-16-31(17-14-28)30-9-5-4-6-10-30/h4-6,9-10,13-18,23,32-33,36-37,43H,7-8,11-12,19-22,24-27H2,1-3H3,(H,44,49)/t32-,33?,36-,37-/m1/s1. The van der Waals surface area contributed by atoms with Gasteiger partial charge >= 0.3 is 0 Å². The highest BCUT2D eigenvalue weighted by Crippen LogP contribution is 2.22. The Morgan fingerprint density at radius 1 is 0.882 bits per heavy atom. The van der Waals surface area contributed by atoms with Crippen molar-refractivity contribution in [3.63, 3.8) is 0 Å². The summed E-state index contributed by atoms with van der Waals surface area (Å²) in [4.78, 5) is 46.9.